The molecule has 0 N–H and O–H groups in total. The minimum atomic E-state index is -0.991. The van der Waals surface area contributed by atoms with Crippen LogP contribution in [0.25, 0.3) is 0 Å². The predicted octanol–water partition coefficient (Wildman–Crippen LogP) is 1.48. The topological polar surface area (TPSA) is 60.0 Å². The molecule has 1 fully saturated rings. The Morgan fingerprint density at radius 1 is 1.28 bits per heavy atom. The smallest absolute Gasteiger partial charge is 0.170 e. The van der Waals surface area contributed by atoms with E-state index in [0.717, 1.165) is 17.8 Å². The molecule has 0 bridgehead atoms. The molecule has 1 aromatic rings. The summed E-state index contributed by atoms with van der Waals surface area (Å²) in [6.45, 7) is 1.85. The van der Waals surface area contributed by atoms with Gasteiger partial charge >= 0.3 is 0 Å². The third-order valence-corrected chi connectivity index (χ3v) is 3.87. The Bertz CT molecular complexity index is 541. The van der Waals surface area contributed by atoms with Crippen LogP contribution >= 0.6 is 0 Å². The van der Waals surface area contributed by atoms with Crippen molar-refractivity contribution in [2.24, 2.45) is 5.41 Å². The number of nitrogens with zero attached hydrogens (tertiary/aromatic N) is 3. The Balaban J connectivity index is 2.15. The molecule has 90 valence electrons. The Labute approximate surface area is 106 Å². The molecule has 18 heavy (non-hydrogen) atoms. The molecule has 0 aliphatic carbocycles. The van der Waals surface area contributed by atoms with E-state index in [4.69, 9.17) is 4.74 Å². The largest absolute Gasteiger partial charge is 0.377 e. The van der Waals surface area contributed by atoms with Crippen molar-refractivity contribution in [2.75, 3.05) is 24.7 Å². The van der Waals surface area contributed by atoms with Crippen molar-refractivity contribution in [3.8, 4) is 12.1 Å². The van der Waals surface area contributed by atoms with Crippen LogP contribution in [-0.2, 0) is 11.2 Å². The summed E-state index contributed by atoms with van der Waals surface area (Å²) in [5.41, 5.74) is 1.24. The van der Waals surface area contributed by atoms with Crippen molar-refractivity contribution in [1.29, 1.82) is 10.5 Å². The van der Waals surface area contributed by atoms with Gasteiger partial charge in [0.2, 0.25) is 0 Å². The van der Waals surface area contributed by atoms with E-state index < -0.39 is 5.41 Å². The van der Waals surface area contributed by atoms with Crippen LogP contribution in [0.2, 0.25) is 0 Å². The molecule has 1 unspecified atom stereocenters. The van der Waals surface area contributed by atoms with E-state index in [2.05, 4.69) is 23.1 Å². The molecule has 1 atom stereocenters. The van der Waals surface area contributed by atoms with Crippen molar-refractivity contribution < 1.29 is 4.74 Å². The fourth-order valence-corrected chi connectivity index (χ4v) is 2.91. The second-order valence-corrected chi connectivity index (χ2v) is 4.78. The molecule has 4 heteroatoms. The number of ether oxygens (including phenoxy) is 1. The number of para-hydroxylation sites is 1. The highest BCUT2D eigenvalue weighted by atomic mass is 16.5. The molecule has 0 aromatic heterocycles. The van der Waals surface area contributed by atoms with Crippen LogP contribution in [0.1, 0.15) is 5.56 Å². The summed E-state index contributed by atoms with van der Waals surface area (Å²) in [6, 6.07) is 12.3. The number of nitriles is 2. The summed E-state index contributed by atoms with van der Waals surface area (Å²) in [6.07, 6.45) is 0.487. The van der Waals surface area contributed by atoms with Gasteiger partial charge in [-0.3, -0.25) is 0 Å². The predicted molar refractivity (Wildman–Crippen MR) is 65.8 cm³/mol. The first kappa shape index (κ1) is 11.1. The molecule has 2 aliphatic rings. The van der Waals surface area contributed by atoms with Gasteiger partial charge in [0, 0.05) is 18.7 Å². The van der Waals surface area contributed by atoms with Gasteiger partial charge in [-0.15, -0.1) is 0 Å². The average molecular weight is 239 g/mol. The number of hydrogen-bond donors (Lipinski definition) is 0. The highest BCUT2D eigenvalue weighted by molar-refractivity contribution is 5.60. The first-order chi connectivity index (χ1) is 8.80. The normalized spacial score (nSPS) is 24.3. The minimum absolute atomic E-state index is 0.156. The summed E-state index contributed by atoms with van der Waals surface area (Å²) < 4.78 is 5.47. The lowest BCUT2D eigenvalue weighted by molar-refractivity contribution is 0.0683. The Hall–Kier alpha value is -2.04. The lowest BCUT2D eigenvalue weighted by Crippen LogP contribution is -2.57. The number of hydrogen-bond acceptors (Lipinski definition) is 4. The summed E-state index contributed by atoms with van der Waals surface area (Å²) in [5, 5.41) is 18.9. The van der Waals surface area contributed by atoms with E-state index in [0.29, 0.717) is 19.6 Å². The van der Waals surface area contributed by atoms with Gasteiger partial charge in [0.1, 0.15) is 0 Å². The van der Waals surface area contributed by atoms with Gasteiger partial charge in [0.25, 0.3) is 0 Å². The lowest BCUT2D eigenvalue weighted by Gasteiger charge is -2.47. The first-order valence-electron chi connectivity index (χ1n) is 6.05. The zero-order valence-corrected chi connectivity index (χ0v) is 9.97. The van der Waals surface area contributed by atoms with Crippen molar-refractivity contribution in [3.05, 3.63) is 29.8 Å². The van der Waals surface area contributed by atoms with E-state index in [1.807, 2.05) is 18.2 Å². The maximum atomic E-state index is 9.45. The number of anilines is 1. The van der Waals surface area contributed by atoms with Gasteiger partial charge < -0.3 is 9.64 Å². The van der Waals surface area contributed by atoms with Crippen LogP contribution in [0.15, 0.2) is 24.3 Å². The molecule has 0 saturated carbocycles. The van der Waals surface area contributed by atoms with Crippen LogP contribution in [-0.4, -0.2) is 25.8 Å². The fraction of sp³-hybridized carbons (Fsp3) is 0.429. The monoisotopic (exact) mass is 239 g/mol. The maximum absolute atomic E-state index is 9.45. The van der Waals surface area contributed by atoms with Gasteiger partial charge in [-0.2, -0.15) is 10.5 Å². The second kappa shape index (κ2) is 4.01. The SMILES string of the molecule is N#CC1(C#N)Cc2ccccc2N2CCOCC21. The van der Waals surface area contributed by atoms with E-state index >= 15 is 0 Å². The number of morpholine rings is 1. The minimum Gasteiger partial charge on any atom is -0.377 e. The molecule has 3 rings (SSSR count). The third kappa shape index (κ3) is 1.40. The van der Waals surface area contributed by atoms with Gasteiger partial charge in [0.05, 0.1) is 31.4 Å². The number of benzene rings is 1. The van der Waals surface area contributed by atoms with Gasteiger partial charge in [-0.05, 0) is 11.6 Å². The van der Waals surface area contributed by atoms with E-state index in [1.165, 1.54) is 0 Å². The maximum Gasteiger partial charge on any atom is 0.170 e. The zero-order chi connectivity index (χ0) is 12.6. The highest BCUT2D eigenvalue weighted by Gasteiger charge is 2.48. The number of rotatable bonds is 0. The highest BCUT2D eigenvalue weighted by Crippen LogP contribution is 2.41. The van der Waals surface area contributed by atoms with Crippen molar-refractivity contribution in [1.82, 2.24) is 0 Å². The van der Waals surface area contributed by atoms with Gasteiger partial charge in [0.15, 0.2) is 5.41 Å². The summed E-state index contributed by atoms with van der Waals surface area (Å²) in [4.78, 5) is 2.16. The molecule has 1 saturated heterocycles. The molecule has 2 heterocycles. The summed E-state index contributed by atoms with van der Waals surface area (Å²) in [7, 11) is 0. The van der Waals surface area contributed by atoms with Gasteiger partial charge in [-0.1, -0.05) is 18.2 Å². The molecule has 1 aromatic carbocycles. The summed E-state index contributed by atoms with van der Waals surface area (Å²) >= 11 is 0. The molecule has 0 amide bonds. The molecular formula is C14H13N3O. The average Bonchev–Trinajstić information content (AvgIpc) is 2.46. The fourth-order valence-electron chi connectivity index (χ4n) is 2.91. The Morgan fingerprint density at radius 3 is 2.83 bits per heavy atom. The van der Waals surface area contributed by atoms with Gasteiger partial charge in [-0.25, -0.2) is 0 Å². The van der Waals surface area contributed by atoms with Crippen LogP contribution in [0.4, 0.5) is 5.69 Å². The van der Waals surface area contributed by atoms with Crippen LogP contribution in [0.3, 0.4) is 0 Å². The van der Waals surface area contributed by atoms with E-state index in [-0.39, 0.29) is 6.04 Å². The van der Waals surface area contributed by atoms with Crippen molar-refractivity contribution >= 4 is 5.69 Å². The first-order valence-corrected chi connectivity index (χ1v) is 6.05. The van der Waals surface area contributed by atoms with Crippen LogP contribution in [0, 0.1) is 28.1 Å². The van der Waals surface area contributed by atoms with Crippen LogP contribution in [0.5, 0.6) is 0 Å². The van der Waals surface area contributed by atoms with Crippen molar-refractivity contribution in [3.63, 3.8) is 0 Å². The third-order valence-electron chi connectivity index (χ3n) is 3.87. The Kier molecular flexibility index (Phi) is 2.47. The molecule has 0 radical (unpaired) electrons. The molecule has 2 aliphatic heterocycles. The Morgan fingerprint density at radius 2 is 2.06 bits per heavy atom. The standard InChI is InChI=1S/C14H13N3O/c15-9-14(10-16)7-11-3-1-2-4-12(11)17-5-6-18-8-13(14)17/h1-4,13H,5-8H2. The van der Waals surface area contributed by atoms with Crippen molar-refractivity contribution in [2.45, 2.75) is 12.5 Å². The zero-order valence-electron chi connectivity index (χ0n) is 9.97. The second-order valence-electron chi connectivity index (χ2n) is 4.78. The molecular weight excluding hydrogens is 226 g/mol. The molecule has 4 nitrogen and oxygen atoms in total. The van der Waals surface area contributed by atoms with E-state index in [9.17, 15) is 10.5 Å². The number of fused-ring (bicyclic) bond motifs is 3. The molecule has 0 spiro atoms. The summed E-state index contributed by atoms with van der Waals surface area (Å²) in [5.74, 6) is 0. The lowest BCUT2D eigenvalue weighted by atomic mass is 9.73. The quantitative estimate of drug-likeness (QED) is 0.688. The van der Waals surface area contributed by atoms with Crippen LogP contribution < -0.4 is 4.90 Å². The van der Waals surface area contributed by atoms with E-state index in [1.54, 1.807) is 0 Å².